The molecule has 0 spiro atoms. The molecule has 0 radical (unpaired) electrons. The molecule has 3 heteroatoms. The van der Waals surface area contributed by atoms with Gasteiger partial charge >= 0.3 is 0 Å². The van der Waals surface area contributed by atoms with Crippen molar-refractivity contribution in [1.82, 2.24) is 10.3 Å². The Morgan fingerprint density at radius 2 is 2.21 bits per heavy atom. The monoisotopic (exact) mass is 185 g/mol. The quantitative estimate of drug-likeness (QED) is 0.565. The molecule has 0 amide bonds. The maximum absolute atomic E-state index is 8.39. The standard InChI is InChI=1S/C11H11N3/c12-5-6-13-7-9-8-14-11-4-2-1-3-10(9)11/h1-4,8,13-14H,6-7H2. The van der Waals surface area contributed by atoms with E-state index in [2.05, 4.69) is 22.4 Å². The normalized spacial score (nSPS) is 10.2. The van der Waals surface area contributed by atoms with Gasteiger partial charge in [-0.25, -0.2) is 0 Å². The Hall–Kier alpha value is -1.79. The fourth-order valence-electron chi connectivity index (χ4n) is 1.53. The lowest BCUT2D eigenvalue weighted by Crippen LogP contribution is -2.12. The molecule has 0 atom stereocenters. The van der Waals surface area contributed by atoms with E-state index in [9.17, 15) is 0 Å². The molecule has 1 aromatic heterocycles. The van der Waals surface area contributed by atoms with Crippen molar-refractivity contribution in [1.29, 1.82) is 5.26 Å². The minimum absolute atomic E-state index is 0.388. The summed E-state index contributed by atoms with van der Waals surface area (Å²) in [6.07, 6.45) is 1.98. The molecule has 2 N–H and O–H groups in total. The Labute approximate surface area is 82.4 Å². The van der Waals surface area contributed by atoms with Crippen LogP contribution in [0.4, 0.5) is 0 Å². The van der Waals surface area contributed by atoms with E-state index in [0.29, 0.717) is 6.54 Å². The summed E-state index contributed by atoms with van der Waals surface area (Å²) >= 11 is 0. The highest BCUT2D eigenvalue weighted by atomic mass is 14.9. The summed E-state index contributed by atoms with van der Waals surface area (Å²) in [7, 11) is 0. The van der Waals surface area contributed by atoms with Gasteiger partial charge in [0, 0.05) is 23.6 Å². The predicted octanol–water partition coefficient (Wildman–Crippen LogP) is 1.78. The maximum Gasteiger partial charge on any atom is 0.0843 e. The van der Waals surface area contributed by atoms with Crippen LogP contribution in [0.5, 0.6) is 0 Å². The molecule has 14 heavy (non-hydrogen) atoms. The first-order chi connectivity index (χ1) is 6.92. The number of H-pyrrole nitrogens is 1. The van der Waals surface area contributed by atoms with E-state index >= 15 is 0 Å². The Balaban J connectivity index is 2.22. The summed E-state index contributed by atoms with van der Waals surface area (Å²) in [6, 6.07) is 10.2. The van der Waals surface area contributed by atoms with Gasteiger partial charge in [0.1, 0.15) is 0 Å². The van der Waals surface area contributed by atoms with Gasteiger partial charge in [0.25, 0.3) is 0 Å². The summed E-state index contributed by atoms with van der Waals surface area (Å²) in [5.74, 6) is 0. The number of aromatic nitrogens is 1. The second-order valence-electron chi connectivity index (χ2n) is 3.12. The van der Waals surface area contributed by atoms with E-state index in [1.54, 1.807) is 0 Å². The zero-order valence-electron chi connectivity index (χ0n) is 7.75. The third-order valence-electron chi connectivity index (χ3n) is 2.19. The zero-order chi connectivity index (χ0) is 9.80. The largest absolute Gasteiger partial charge is 0.361 e. The van der Waals surface area contributed by atoms with Gasteiger partial charge in [-0.05, 0) is 11.6 Å². The molecule has 70 valence electrons. The van der Waals surface area contributed by atoms with Crippen molar-refractivity contribution in [2.24, 2.45) is 0 Å². The number of rotatable bonds is 3. The summed E-state index contributed by atoms with van der Waals surface area (Å²) in [4.78, 5) is 3.19. The lowest BCUT2D eigenvalue weighted by Gasteiger charge is -1.97. The van der Waals surface area contributed by atoms with Gasteiger partial charge in [0.2, 0.25) is 0 Å². The summed E-state index contributed by atoms with van der Waals surface area (Å²) < 4.78 is 0. The van der Waals surface area contributed by atoms with E-state index in [4.69, 9.17) is 5.26 Å². The number of nitrogens with zero attached hydrogens (tertiary/aromatic N) is 1. The molecule has 0 fully saturated rings. The van der Waals surface area contributed by atoms with E-state index in [-0.39, 0.29) is 0 Å². The summed E-state index contributed by atoms with van der Waals surface area (Å²) in [5, 5.41) is 12.7. The van der Waals surface area contributed by atoms with Gasteiger partial charge < -0.3 is 10.3 Å². The molecule has 0 saturated carbocycles. The van der Waals surface area contributed by atoms with Gasteiger partial charge in [0.05, 0.1) is 12.6 Å². The number of hydrogen-bond donors (Lipinski definition) is 2. The third kappa shape index (κ3) is 1.61. The van der Waals surface area contributed by atoms with Crippen molar-refractivity contribution >= 4 is 10.9 Å². The van der Waals surface area contributed by atoms with Crippen LogP contribution in [0, 0.1) is 11.3 Å². The SMILES string of the molecule is N#CCNCc1c[nH]c2ccccc12. The highest BCUT2D eigenvalue weighted by Gasteiger charge is 2.00. The third-order valence-corrected chi connectivity index (χ3v) is 2.19. The topological polar surface area (TPSA) is 51.6 Å². The Kier molecular flexibility index (Phi) is 2.48. The summed E-state index contributed by atoms with van der Waals surface area (Å²) in [5.41, 5.74) is 2.34. The molecule has 0 aliphatic heterocycles. The van der Waals surface area contributed by atoms with E-state index in [1.165, 1.54) is 10.9 Å². The van der Waals surface area contributed by atoms with Crippen molar-refractivity contribution in [3.63, 3.8) is 0 Å². The molecule has 2 aromatic rings. The Morgan fingerprint density at radius 3 is 3.07 bits per heavy atom. The molecule has 0 aliphatic rings. The number of nitriles is 1. The van der Waals surface area contributed by atoms with Crippen LogP contribution in [0.3, 0.4) is 0 Å². The predicted molar refractivity (Wildman–Crippen MR) is 55.6 cm³/mol. The molecule has 0 aliphatic carbocycles. The van der Waals surface area contributed by atoms with Crippen molar-refractivity contribution in [3.8, 4) is 6.07 Å². The second kappa shape index (κ2) is 3.95. The average Bonchev–Trinajstić information content (AvgIpc) is 2.63. The van der Waals surface area contributed by atoms with E-state index in [0.717, 1.165) is 12.1 Å². The van der Waals surface area contributed by atoms with Crippen LogP contribution >= 0.6 is 0 Å². The maximum atomic E-state index is 8.39. The number of para-hydroxylation sites is 1. The van der Waals surface area contributed by atoms with Gasteiger partial charge in [-0.15, -0.1) is 0 Å². The van der Waals surface area contributed by atoms with Gasteiger partial charge in [-0.1, -0.05) is 18.2 Å². The number of fused-ring (bicyclic) bond motifs is 1. The van der Waals surface area contributed by atoms with Crippen LogP contribution in [0.1, 0.15) is 5.56 Å². The minimum atomic E-state index is 0.388. The number of benzene rings is 1. The zero-order valence-corrected chi connectivity index (χ0v) is 7.75. The number of aromatic amines is 1. The van der Waals surface area contributed by atoms with E-state index in [1.807, 2.05) is 24.4 Å². The minimum Gasteiger partial charge on any atom is -0.361 e. The molecular formula is C11H11N3. The first-order valence-electron chi connectivity index (χ1n) is 4.54. The molecule has 2 rings (SSSR count). The van der Waals surface area contributed by atoms with Crippen LogP contribution in [0.2, 0.25) is 0 Å². The van der Waals surface area contributed by atoms with Crippen LogP contribution in [-0.4, -0.2) is 11.5 Å². The van der Waals surface area contributed by atoms with E-state index < -0.39 is 0 Å². The van der Waals surface area contributed by atoms with Crippen LogP contribution in [-0.2, 0) is 6.54 Å². The second-order valence-corrected chi connectivity index (χ2v) is 3.12. The van der Waals surface area contributed by atoms with Crippen LogP contribution < -0.4 is 5.32 Å². The number of hydrogen-bond acceptors (Lipinski definition) is 2. The fourth-order valence-corrected chi connectivity index (χ4v) is 1.53. The Bertz CT molecular complexity index is 465. The van der Waals surface area contributed by atoms with Crippen molar-refractivity contribution in [3.05, 3.63) is 36.0 Å². The average molecular weight is 185 g/mol. The van der Waals surface area contributed by atoms with Crippen LogP contribution in [0.25, 0.3) is 10.9 Å². The molecule has 3 nitrogen and oxygen atoms in total. The van der Waals surface area contributed by atoms with Crippen molar-refractivity contribution in [2.45, 2.75) is 6.54 Å². The lowest BCUT2D eigenvalue weighted by molar-refractivity contribution is 0.770. The molecule has 0 unspecified atom stereocenters. The fraction of sp³-hybridized carbons (Fsp3) is 0.182. The van der Waals surface area contributed by atoms with Gasteiger partial charge in [0.15, 0.2) is 0 Å². The number of nitrogens with one attached hydrogen (secondary N) is 2. The van der Waals surface area contributed by atoms with Crippen molar-refractivity contribution < 1.29 is 0 Å². The first-order valence-corrected chi connectivity index (χ1v) is 4.54. The highest BCUT2D eigenvalue weighted by molar-refractivity contribution is 5.82. The van der Waals surface area contributed by atoms with Gasteiger partial charge in [-0.3, -0.25) is 0 Å². The molecular weight excluding hydrogens is 174 g/mol. The smallest absolute Gasteiger partial charge is 0.0843 e. The molecule has 1 aromatic carbocycles. The molecule has 0 saturated heterocycles. The lowest BCUT2D eigenvalue weighted by atomic mass is 10.2. The van der Waals surface area contributed by atoms with Crippen molar-refractivity contribution in [2.75, 3.05) is 6.54 Å². The summed E-state index contributed by atoms with van der Waals surface area (Å²) in [6.45, 7) is 1.12. The first kappa shape index (κ1) is 8.79. The Morgan fingerprint density at radius 1 is 1.36 bits per heavy atom. The highest BCUT2D eigenvalue weighted by Crippen LogP contribution is 2.16. The van der Waals surface area contributed by atoms with Crippen LogP contribution in [0.15, 0.2) is 30.5 Å². The molecule has 1 heterocycles. The van der Waals surface area contributed by atoms with Gasteiger partial charge in [-0.2, -0.15) is 5.26 Å². The molecule has 0 bridgehead atoms.